The maximum absolute atomic E-state index is 2.89. The summed E-state index contributed by atoms with van der Waals surface area (Å²) in [6.45, 7) is 12.4. The van der Waals surface area contributed by atoms with E-state index < -0.39 is 0 Å². The van der Waals surface area contributed by atoms with Crippen molar-refractivity contribution >= 4 is 0 Å². The van der Waals surface area contributed by atoms with Crippen LogP contribution in [0.15, 0.2) is 30.3 Å². The van der Waals surface area contributed by atoms with Gasteiger partial charge in [-0.2, -0.15) is 0 Å². The summed E-state index contributed by atoms with van der Waals surface area (Å²) in [5.41, 5.74) is 2.96. The van der Waals surface area contributed by atoms with Crippen molar-refractivity contribution in [1.29, 1.82) is 0 Å². The Bertz CT molecular complexity index is 591. The molecule has 27 heavy (non-hydrogen) atoms. The fourth-order valence-electron chi connectivity index (χ4n) is 6.17. The molecule has 4 rings (SSSR count). The third-order valence-electron chi connectivity index (χ3n) is 8.17. The lowest BCUT2D eigenvalue weighted by Gasteiger charge is -2.54. The van der Waals surface area contributed by atoms with Gasteiger partial charge in [-0.25, -0.2) is 0 Å². The molecule has 1 aliphatic carbocycles. The van der Waals surface area contributed by atoms with E-state index in [9.17, 15) is 0 Å². The van der Waals surface area contributed by atoms with Crippen LogP contribution < -0.4 is 0 Å². The predicted octanol–water partition coefficient (Wildman–Crippen LogP) is 5.52. The second-order valence-corrected chi connectivity index (χ2v) is 10.7. The first-order chi connectivity index (χ1) is 12.9. The molecule has 150 valence electrons. The van der Waals surface area contributed by atoms with E-state index in [-0.39, 0.29) is 0 Å². The Kier molecular flexibility index (Phi) is 5.42. The number of benzene rings is 1. The monoisotopic (exact) mass is 368 g/mol. The Hall–Kier alpha value is -0.860. The first kappa shape index (κ1) is 19.5. The van der Waals surface area contributed by atoms with Gasteiger partial charge < -0.3 is 0 Å². The normalized spacial score (nSPS) is 26.5. The second-order valence-electron chi connectivity index (χ2n) is 10.7. The summed E-state index contributed by atoms with van der Waals surface area (Å²) in [7, 11) is 0. The van der Waals surface area contributed by atoms with E-state index >= 15 is 0 Å². The van der Waals surface area contributed by atoms with Crippen molar-refractivity contribution < 1.29 is 0 Å². The number of likely N-dealkylation sites (tertiary alicyclic amines) is 2. The predicted molar refractivity (Wildman–Crippen MR) is 115 cm³/mol. The Morgan fingerprint density at radius 2 is 1.37 bits per heavy atom. The number of nitrogens with zero attached hydrogens (tertiary/aromatic N) is 2. The average molecular weight is 369 g/mol. The highest BCUT2D eigenvalue weighted by Crippen LogP contribution is 2.51. The molecule has 0 N–H and O–H groups in total. The molecule has 2 heteroatoms. The largest absolute Gasteiger partial charge is 0.298 e. The molecule has 1 aromatic carbocycles. The molecule has 1 aromatic rings. The van der Waals surface area contributed by atoms with Gasteiger partial charge >= 0.3 is 0 Å². The molecule has 2 aliphatic heterocycles. The molecule has 1 saturated carbocycles. The second kappa shape index (κ2) is 7.52. The molecule has 0 radical (unpaired) electrons. The van der Waals surface area contributed by atoms with Gasteiger partial charge in [0, 0.05) is 11.1 Å². The maximum Gasteiger partial charge on any atom is 0.0250 e. The Morgan fingerprint density at radius 3 is 1.93 bits per heavy atom. The molecule has 0 bridgehead atoms. The molecule has 0 atom stereocenters. The summed E-state index contributed by atoms with van der Waals surface area (Å²) in [4.78, 5) is 5.60. The molecule has 2 heterocycles. The minimum Gasteiger partial charge on any atom is -0.298 e. The van der Waals surface area contributed by atoms with E-state index in [2.05, 4.69) is 60.9 Å². The van der Waals surface area contributed by atoms with Gasteiger partial charge in [-0.05, 0) is 116 Å². The fraction of sp³-hybridized carbons (Fsp3) is 0.760. The van der Waals surface area contributed by atoms with Gasteiger partial charge in [-0.15, -0.1) is 0 Å². The van der Waals surface area contributed by atoms with Crippen molar-refractivity contribution in [2.75, 3.05) is 26.2 Å². The first-order valence-corrected chi connectivity index (χ1v) is 11.5. The van der Waals surface area contributed by atoms with Crippen molar-refractivity contribution in [2.45, 2.75) is 89.6 Å². The summed E-state index contributed by atoms with van der Waals surface area (Å²) in [6.07, 6.45) is 12.7. The summed E-state index contributed by atoms with van der Waals surface area (Å²) < 4.78 is 0. The first-order valence-electron chi connectivity index (χ1n) is 11.5. The minimum atomic E-state index is 0.336. The Balaban J connectivity index is 1.45. The van der Waals surface area contributed by atoms with Crippen LogP contribution in [0.3, 0.4) is 0 Å². The van der Waals surface area contributed by atoms with Gasteiger partial charge in [0.25, 0.3) is 0 Å². The number of rotatable bonds is 3. The van der Waals surface area contributed by atoms with Crippen molar-refractivity contribution in [3.05, 3.63) is 35.9 Å². The van der Waals surface area contributed by atoms with E-state index in [1.54, 1.807) is 5.56 Å². The number of hydrogen-bond acceptors (Lipinski definition) is 2. The number of hydrogen-bond donors (Lipinski definition) is 0. The van der Waals surface area contributed by atoms with Crippen molar-refractivity contribution in [3.8, 4) is 0 Å². The maximum atomic E-state index is 2.89. The molecular weight excluding hydrogens is 328 g/mol. The third kappa shape index (κ3) is 4.12. The zero-order valence-electron chi connectivity index (χ0n) is 18.0. The number of piperidine rings is 1. The zero-order valence-corrected chi connectivity index (χ0v) is 18.0. The lowest BCUT2D eigenvalue weighted by molar-refractivity contribution is -0.0257. The molecule has 0 amide bonds. The molecule has 3 aliphatic rings. The summed E-state index contributed by atoms with van der Waals surface area (Å²) in [5, 5.41) is 0. The van der Waals surface area contributed by atoms with Gasteiger partial charge in [-0.1, -0.05) is 30.3 Å². The molecule has 1 spiro atoms. The van der Waals surface area contributed by atoms with Crippen LogP contribution in [0.1, 0.15) is 77.7 Å². The molecular formula is C25H40N2. The Morgan fingerprint density at radius 1 is 0.778 bits per heavy atom. The van der Waals surface area contributed by atoms with Crippen LogP contribution in [-0.2, 0) is 6.42 Å². The highest BCUT2D eigenvalue weighted by molar-refractivity contribution is 5.19. The molecule has 3 fully saturated rings. The fourth-order valence-corrected chi connectivity index (χ4v) is 6.17. The molecule has 2 saturated heterocycles. The van der Waals surface area contributed by atoms with E-state index in [0.29, 0.717) is 16.5 Å². The van der Waals surface area contributed by atoms with Crippen molar-refractivity contribution in [3.63, 3.8) is 0 Å². The van der Waals surface area contributed by atoms with Gasteiger partial charge in [0.1, 0.15) is 0 Å². The summed E-state index contributed by atoms with van der Waals surface area (Å²) >= 11 is 0. The van der Waals surface area contributed by atoms with Crippen LogP contribution in [0.5, 0.6) is 0 Å². The lowest BCUT2D eigenvalue weighted by atomic mass is 9.61. The van der Waals surface area contributed by atoms with Gasteiger partial charge in [0.05, 0.1) is 0 Å². The topological polar surface area (TPSA) is 6.48 Å². The van der Waals surface area contributed by atoms with E-state index in [1.807, 2.05) is 0 Å². The van der Waals surface area contributed by atoms with Crippen LogP contribution in [0.4, 0.5) is 0 Å². The Labute approximate surface area is 167 Å². The SMILES string of the molecule is CC(C)(C)N1CCC2(CC1)CCC(Cc1ccccc1)(N1CCCC1)CC2. The average Bonchev–Trinajstić information content (AvgIpc) is 3.20. The molecule has 0 aromatic heterocycles. The van der Waals surface area contributed by atoms with Crippen LogP contribution in [0, 0.1) is 5.41 Å². The summed E-state index contributed by atoms with van der Waals surface area (Å²) in [6, 6.07) is 11.3. The van der Waals surface area contributed by atoms with Crippen molar-refractivity contribution in [1.82, 2.24) is 9.80 Å². The van der Waals surface area contributed by atoms with E-state index in [1.165, 1.54) is 84.0 Å². The van der Waals surface area contributed by atoms with E-state index in [0.717, 1.165) is 0 Å². The van der Waals surface area contributed by atoms with E-state index in [4.69, 9.17) is 0 Å². The van der Waals surface area contributed by atoms with Crippen LogP contribution in [-0.4, -0.2) is 47.1 Å². The smallest absolute Gasteiger partial charge is 0.0250 e. The third-order valence-corrected chi connectivity index (χ3v) is 8.17. The highest BCUT2D eigenvalue weighted by atomic mass is 15.2. The van der Waals surface area contributed by atoms with Gasteiger partial charge in [-0.3, -0.25) is 9.80 Å². The van der Waals surface area contributed by atoms with Gasteiger partial charge in [0.2, 0.25) is 0 Å². The van der Waals surface area contributed by atoms with Crippen LogP contribution in [0.25, 0.3) is 0 Å². The zero-order chi connectivity index (χ0) is 19.0. The minimum absolute atomic E-state index is 0.336. The standard InChI is InChI=1S/C25H40N2/c1-23(2,3)26-19-15-24(16-20-26)11-13-25(14-12-24,27-17-7-8-18-27)21-22-9-5-4-6-10-22/h4-6,9-10H,7-8,11-21H2,1-3H3. The van der Waals surface area contributed by atoms with Gasteiger partial charge in [0.15, 0.2) is 0 Å². The highest BCUT2D eigenvalue weighted by Gasteiger charge is 2.47. The molecule has 2 nitrogen and oxygen atoms in total. The summed E-state index contributed by atoms with van der Waals surface area (Å²) in [5.74, 6) is 0. The lowest BCUT2D eigenvalue weighted by Crippen LogP contribution is -2.55. The van der Waals surface area contributed by atoms with Crippen LogP contribution >= 0.6 is 0 Å². The quantitative estimate of drug-likeness (QED) is 0.693. The molecule has 0 unspecified atom stereocenters. The van der Waals surface area contributed by atoms with Crippen molar-refractivity contribution in [2.24, 2.45) is 5.41 Å². The van der Waals surface area contributed by atoms with Crippen LogP contribution in [0.2, 0.25) is 0 Å².